The van der Waals surface area contributed by atoms with Crippen molar-refractivity contribution in [3.63, 3.8) is 0 Å². The molecular weight excluding hydrogens is 244 g/mol. The summed E-state index contributed by atoms with van der Waals surface area (Å²) in [5, 5.41) is 9.31. The fourth-order valence-electron chi connectivity index (χ4n) is 2.49. The van der Waals surface area contributed by atoms with Crippen LogP contribution in [0, 0.1) is 6.92 Å². The van der Waals surface area contributed by atoms with Crippen molar-refractivity contribution in [3.05, 3.63) is 29.3 Å². The van der Waals surface area contributed by atoms with Gasteiger partial charge in [-0.3, -0.25) is 9.59 Å². The average Bonchev–Trinajstić information content (AvgIpc) is 2.45. The minimum atomic E-state index is -1.31. The summed E-state index contributed by atoms with van der Waals surface area (Å²) in [5.41, 5.74) is 7.29. The van der Waals surface area contributed by atoms with E-state index >= 15 is 0 Å². The van der Waals surface area contributed by atoms with Gasteiger partial charge in [0.05, 0.1) is 0 Å². The summed E-state index contributed by atoms with van der Waals surface area (Å²) in [6, 6.07) is 5.68. The standard InChI is InChI=1S/C14H18N2O3/c1-9-3-4-12-11(7-9)8-14(15,13(18)19)5-6-16(12)10(2)17/h3-4,7H,5-6,8,15H2,1-2H3,(H,18,19). The third kappa shape index (κ3) is 2.46. The molecule has 1 aliphatic rings. The van der Waals surface area contributed by atoms with Crippen LogP contribution in [-0.2, 0) is 16.0 Å². The normalized spacial score (nSPS) is 22.6. The summed E-state index contributed by atoms with van der Waals surface area (Å²) in [7, 11) is 0. The second-order valence-corrected chi connectivity index (χ2v) is 5.19. The van der Waals surface area contributed by atoms with Crippen molar-refractivity contribution in [2.24, 2.45) is 5.73 Å². The largest absolute Gasteiger partial charge is 0.480 e. The van der Waals surface area contributed by atoms with E-state index < -0.39 is 11.5 Å². The number of nitrogens with zero attached hydrogens (tertiary/aromatic N) is 1. The number of aryl methyl sites for hydroxylation is 1. The van der Waals surface area contributed by atoms with Crippen LogP contribution in [-0.4, -0.2) is 29.1 Å². The van der Waals surface area contributed by atoms with Gasteiger partial charge in [0.2, 0.25) is 5.91 Å². The fraction of sp³-hybridized carbons (Fsp3) is 0.429. The second kappa shape index (κ2) is 4.66. The number of benzene rings is 1. The van der Waals surface area contributed by atoms with Crippen LogP contribution in [0.25, 0.3) is 0 Å². The van der Waals surface area contributed by atoms with Gasteiger partial charge in [0.25, 0.3) is 0 Å². The van der Waals surface area contributed by atoms with Crippen molar-refractivity contribution in [2.75, 3.05) is 11.4 Å². The maximum atomic E-state index is 11.7. The van der Waals surface area contributed by atoms with Crippen molar-refractivity contribution < 1.29 is 14.7 Å². The van der Waals surface area contributed by atoms with Gasteiger partial charge in [0, 0.05) is 25.6 Å². The van der Waals surface area contributed by atoms with Gasteiger partial charge in [0.15, 0.2) is 0 Å². The Kier molecular flexibility index (Phi) is 3.32. The predicted molar refractivity (Wildman–Crippen MR) is 72.1 cm³/mol. The molecule has 2 rings (SSSR count). The molecule has 1 amide bonds. The van der Waals surface area contributed by atoms with Gasteiger partial charge in [-0.25, -0.2) is 0 Å². The van der Waals surface area contributed by atoms with E-state index in [1.807, 2.05) is 25.1 Å². The minimum Gasteiger partial charge on any atom is -0.480 e. The van der Waals surface area contributed by atoms with Gasteiger partial charge in [0.1, 0.15) is 5.54 Å². The summed E-state index contributed by atoms with van der Waals surface area (Å²) >= 11 is 0. The molecule has 1 aromatic carbocycles. The Morgan fingerprint density at radius 1 is 1.42 bits per heavy atom. The van der Waals surface area contributed by atoms with Crippen molar-refractivity contribution in [3.8, 4) is 0 Å². The van der Waals surface area contributed by atoms with Gasteiger partial charge in [-0.1, -0.05) is 17.7 Å². The van der Waals surface area contributed by atoms with E-state index in [0.717, 1.165) is 16.8 Å². The summed E-state index contributed by atoms with van der Waals surface area (Å²) < 4.78 is 0. The van der Waals surface area contributed by atoms with E-state index in [9.17, 15) is 14.7 Å². The van der Waals surface area contributed by atoms with E-state index in [0.29, 0.717) is 6.54 Å². The summed E-state index contributed by atoms with van der Waals surface area (Å²) in [6.07, 6.45) is 0.485. The number of carboxylic acid groups (broad SMARTS) is 1. The van der Waals surface area contributed by atoms with E-state index in [2.05, 4.69) is 0 Å². The van der Waals surface area contributed by atoms with Crippen LogP contribution in [0.15, 0.2) is 18.2 Å². The molecule has 1 heterocycles. The highest BCUT2D eigenvalue weighted by Crippen LogP contribution is 2.31. The fourth-order valence-corrected chi connectivity index (χ4v) is 2.49. The number of carbonyl (C=O) groups excluding carboxylic acids is 1. The lowest BCUT2D eigenvalue weighted by Crippen LogP contribution is -2.50. The number of rotatable bonds is 1. The molecule has 1 aliphatic heterocycles. The molecule has 19 heavy (non-hydrogen) atoms. The first kappa shape index (κ1) is 13.5. The van der Waals surface area contributed by atoms with Crippen LogP contribution in [0.3, 0.4) is 0 Å². The maximum Gasteiger partial charge on any atom is 0.324 e. The van der Waals surface area contributed by atoms with E-state index in [-0.39, 0.29) is 18.7 Å². The van der Waals surface area contributed by atoms with Gasteiger partial charge in [-0.05, 0) is 25.0 Å². The Bertz CT molecular complexity index is 541. The molecule has 0 spiro atoms. The van der Waals surface area contributed by atoms with Crippen LogP contribution in [0.5, 0.6) is 0 Å². The number of hydrogen-bond acceptors (Lipinski definition) is 3. The molecular formula is C14H18N2O3. The molecule has 1 aromatic rings. The quantitative estimate of drug-likeness (QED) is 0.793. The van der Waals surface area contributed by atoms with Crippen LogP contribution >= 0.6 is 0 Å². The number of carboxylic acids is 1. The molecule has 0 saturated heterocycles. The lowest BCUT2D eigenvalue weighted by Gasteiger charge is -2.23. The van der Waals surface area contributed by atoms with E-state index in [4.69, 9.17) is 5.73 Å². The summed E-state index contributed by atoms with van der Waals surface area (Å²) in [4.78, 5) is 24.7. The van der Waals surface area contributed by atoms with Crippen LogP contribution in [0.4, 0.5) is 5.69 Å². The Morgan fingerprint density at radius 3 is 2.68 bits per heavy atom. The molecule has 0 aromatic heterocycles. The first-order valence-electron chi connectivity index (χ1n) is 6.23. The zero-order valence-electron chi connectivity index (χ0n) is 11.1. The molecule has 0 fully saturated rings. The third-order valence-electron chi connectivity index (χ3n) is 3.62. The smallest absolute Gasteiger partial charge is 0.324 e. The SMILES string of the molecule is CC(=O)N1CCC(N)(C(=O)O)Cc2cc(C)ccc21. The molecule has 0 saturated carbocycles. The molecule has 5 heteroatoms. The predicted octanol–water partition coefficient (Wildman–Crippen LogP) is 1.08. The number of carbonyl (C=O) groups is 2. The molecule has 3 N–H and O–H groups in total. The first-order valence-corrected chi connectivity index (χ1v) is 6.23. The molecule has 0 radical (unpaired) electrons. The number of anilines is 1. The zero-order valence-corrected chi connectivity index (χ0v) is 11.1. The highest BCUT2D eigenvalue weighted by atomic mass is 16.4. The average molecular weight is 262 g/mol. The van der Waals surface area contributed by atoms with Crippen molar-refractivity contribution >= 4 is 17.6 Å². The molecule has 5 nitrogen and oxygen atoms in total. The topological polar surface area (TPSA) is 83.6 Å². The third-order valence-corrected chi connectivity index (χ3v) is 3.62. The monoisotopic (exact) mass is 262 g/mol. The van der Waals surface area contributed by atoms with Gasteiger partial charge in [-0.15, -0.1) is 0 Å². The molecule has 1 unspecified atom stereocenters. The summed E-state index contributed by atoms with van der Waals surface area (Å²) in [5.74, 6) is -1.12. The highest BCUT2D eigenvalue weighted by molar-refractivity contribution is 5.93. The Labute approximate surface area is 112 Å². The van der Waals surface area contributed by atoms with Crippen molar-refractivity contribution in [1.29, 1.82) is 0 Å². The van der Waals surface area contributed by atoms with Crippen molar-refractivity contribution in [1.82, 2.24) is 0 Å². The van der Waals surface area contributed by atoms with Crippen LogP contribution < -0.4 is 10.6 Å². The van der Waals surface area contributed by atoms with Crippen LogP contribution in [0.2, 0.25) is 0 Å². The Balaban J connectivity index is 2.53. The number of aliphatic carboxylic acids is 1. The molecule has 0 bridgehead atoms. The lowest BCUT2D eigenvalue weighted by atomic mass is 9.89. The highest BCUT2D eigenvalue weighted by Gasteiger charge is 2.38. The van der Waals surface area contributed by atoms with E-state index in [1.54, 1.807) is 4.90 Å². The van der Waals surface area contributed by atoms with Gasteiger partial charge < -0.3 is 15.7 Å². The minimum absolute atomic E-state index is 0.0975. The molecule has 0 aliphatic carbocycles. The van der Waals surface area contributed by atoms with Crippen LogP contribution in [0.1, 0.15) is 24.5 Å². The number of amides is 1. The lowest BCUT2D eigenvalue weighted by molar-refractivity contribution is -0.143. The molecule has 102 valence electrons. The first-order chi connectivity index (χ1) is 8.83. The molecule has 1 atom stereocenters. The Hall–Kier alpha value is -1.88. The van der Waals surface area contributed by atoms with Gasteiger partial charge >= 0.3 is 5.97 Å². The number of nitrogens with two attached hydrogens (primary N) is 1. The number of hydrogen-bond donors (Lipinski definition) is 2. The Morgan fingerprint density at radius 2 is 2.11 bits per heavy atom. The zero-order chi connectivity index (χ0) is 14.2. The second-order valence-electron chi connectivity index (χ2n) is 5.19. The van der Waals surface area contributed by atoms with Crippen molar-refractivity contribution in [2.45, 2.75) is 32.2 Å². The summed E-state index contributed by atoms with van der Waals surface area (Å²) in [6.45, 7) is 3.74. The van der Waals surface area contributed by atoms with Gasteiger partial charge in [-0.2, -0.15) is 0 Å². The maximum absolute atomic E-state index is 11.7. The van der Waals surface area contributed by atoms with E-state index in [1.165, 1.54) is 6.92 Å². The number of fused-ring (bicyclic) bond motifs is 1.